The normalized spacial score (nSPS) is 21.0. The number of hydrogen-bond donors (Lipinski definition) is 1. The van der Waals surface area contributed by atoms with Gasteiger partial charge in [0.25, 0.3) is 5.91 Å². The second-order valence-corrected chi connectivity index (χ2v) is 10.5. The number of nitrogens with one attached hydrogen (secondary N) is 1. The van der Waals surface area contributed by atoms with Gasteiger partial charge in [0, 0.05) is 22.0 Å². The highest BCUT2D eigenvalue weighted by Gasteiger charge is 2.38. The Kier molecular flexibility index (Phi) is 6.77. The van der Waals surface area contributed by atoms with Gasteiger partial charge in [0.15, 0.2) is 0 Å². The standard InChI is InChI=1S/C27H33N3OS/c1-19-10-8-9-13-22(19)18-27(30(3)4)16-14-23(15-17-27)28-25(31)24-20(2)32-26(29-24)21-11-6-5-7-12-21/h5-13,23H,14-18H2,1-4H3,(H,28,31). The maximum atomic E-state index is 13.0. The van der Waals surface area contributed by atoms with E-state index in [9.17, 15) is 4.79 Å². The summed E-state index contributed by atoms with van der Waals surface area (Å²) in [5.74, 6) is -0.0396. The van der Waals surface area contributed by atoms with Crippen LogP contribution in [0, 0.1) is 13.8 Å². The lowest BCUT2D eigenvalue weighted by molar-refractivity contribution is 0.0766. The first kappa shape index (κ1) is 22.7. The first-order chi connectivity index (χ1) is 15.4. The van der Waals surface area contributed by atoms with Crippen LogP contribution in [0.2, 0.25) is 0 Å². The molecule has 1 aliphatic rings. The molecule has 0 aliphatic heterocycles. The number of rotatable bonds is 6. The van der Waals surface area contributed by atoms with E-state index in [2.05, 4.69) is 60.5 Å². The van der Waals surface area contributed by atoms with Crippen LogP contribution in [-0.4, -0.2) is 41.5 Å². The molecule has 0 atom stereocenters. The van der Waals surface area contributed by atoms with Crippen LogP contribution < -0.4 is 5.32 Å². The van der Waals surface area contributed by atoms with Crippen molar-refractivity contribution < 1.29 is 4.79 Å². The molecule has 4 rings (SSSR count). The summed E-state index contributed by atoms with van der Waals surface area (Å²) in [4.78, 5) is 21.1. The van der Waals surface area contributed by atoms with Crippen LogP contribution in [0.25, 0.3) is 10.6 Å². The molecule has 3 aromatic rings. The summed E-state index contributed by atoms with van der Waals surface area (Å²) in [5, 5.41) is 4.18. The van der Waals surface area contributed by atoms with Crippen molar-refractivity contribution in [3.8, 4) is 10.6 Å². The van der Waals surface area contributed by atoms with E-state index >= 15 is 0 Å². The second kappa shape index (κ2) is 9.55. The number of thiazole rings is 1. The van der Waals surface area contributed by atoms with Crippen molar-refractivity contribution in [2.75, 3.05) is 14.1 Å². The van der Waals surface area contributed by atoms with Gasteiger partial charge in [-0.2, -0.15) is 0 Å². The number of benzene rings is 2. The van der Waals surface area contributed by atoms with Gasteiger partial charge in [-0.1, -0.05) is 54.6 Å². The zero-order valence-corrected chi connectivity index (χ0v) is 20.3. The third-order valence-electron chi connectivity index (χ3n) is 7.01. The molecule has 168 valence electrons. The van der Waals surface area contributed by atoms with Gasteiger partial charge >= 0.3 is 0 Å². The summed E-state index contributed by atoms with van der Waals surface area (Å²) >= 11 is 1.59. The first-order valence-electron chi connectivity index (χ1n) is 11.4. The van der Waals surface area contributed by atoms with Crippen molar-refractivity contribution in [3.63, 3.8) is 0 Å². The summed E-state index contributed by atoms with van der Waals surface area (Å²) in [6.07, 6.45) is 5.18. The fourth-order valence-corrected chi connectivity index (χ4v) is 5.73. The molecular weight excluding hydrogens is 414 g/mol. The van der Waals surface area contributed by atoms with E-state index in [1.807, 2.05) is 37.3 Å². The summed E-state index contributed by atoms with van der Waals surface area (Å²) in [5.41, 5.74) is 4.56. The molecular formula is C27H33N3OS. The van der Waals surface area contributed by atoms with Crippen LogP contribution in [0.15, 0.2) is 54.6 Å². The highest BCUT2D eigenvalue weighted by Crippen LogP contribution is 2.36. The van der Waals surface area contributed by atoms with Crippen molar-refractivity contribution in [1.29, 1.82) is 0 Å². The van der Waals surface area contributed by atoms with Crippen molar-refractivity contribution in [2.45, 2.75) is 57.5 Å². The third-order valence-corrected chi connectivity index (χ3v) is 8.03. The highest BCUT2D eigenvalue weighted by atomic mass is 32.1. The van der Waals surface area contributed by atoms with Crippen molar-refractivity contribution in [3.05, 3.63) is 76.3 Å². The molecule has 1 fully saturated rings. The van der Waals surface area contributed by atoms with Crippen molar-refractivity contribution >= 4 is 17.2 Å². The van der Waals surface area contributed by atoms with Gasteiger partial charge in [0.05, 0.1) is 0 Å². The molecule has 0 saturated heterocycles. The van der Waals surface area contributed by atoms with Crippen LogP contribution >= 0.6 is 11.3 Å². The topological polar surface area (TPSA) is 45.2 Å². The number of nitrogens with zero attached hydrogens (tertiary/aromatic N) is 2. The number of carbonyl (C=O) groups excluding carboxylic acids is 1. The Bertz CT molecular complexity index is 1070. The molecule has 0 unspecified atom stereocenters. The molecule has 2 aromatic carbocycles. The number of aryl methyl sites for hydroxylation is 2. The Hall–Kier alpha value is -2.50. The van der Waals surface area contributed by atoms with E-state index in [0.717, 1.165) is 47.6 Å². The van der Waals surface area contributed by atoms with E-state index in [1.54, 1.807) is 11.3 Å². The van der Waals surface area contributed by atoms with E-state index < -0.39 is 0 Å². The Morgan fingerprint density at radius 3 is 2.38 bits per heavy atom. The highest BCUT2D eigenvalue weighted by molar-refractivity contribution is 7.15. The van der Waals surface area contributed by atoms with Gasteiger partial charge in [-0.05, 0) is 71.2 Å². The molecule has 1 heterocycles. The summed E-state index contributed by atoms with van der Waals surface area (Å²) < 4.78 is 0. The molecule has 1 saturated carbocycles. The summed E-state index contributed by atoms with van der Waals surface area (Å²) in [6.45, 7) is 4.18. The smallest absolute Gasteiger partial charge is 0.271 e. The number of aromatic nitrogens is 1. The largest absolute Gasteiger partial charge is 0.348 e. The average molecular weight is 448 g/mol. The lowest BCUT2D eigenvalue weighted by Crippen LogP contribution is -2.52. The number of carbonyl (C=O) groups is 1. The minimum atomic E-state index is -0.0396. The maximum Gasteiger partial charge on any atom is 0.271 e. The van der Waals surface area contributed by atoms with Crippen LogP contribution in [0.4, 0.5) is 0 Å². The van der Waals surface area contributed by atoms with Crippen molar-refractivity contribution in [2.24, 2.45) is 0 Å². The van der Waals surface area contributed by atoms with E-state index in [0.29, 0.717) is 5.69 Å². The van der Waals surface area contributed by atoms with Gasteiger partial charge in [-0.25, -0.2) is 4.98 Å². The number of likely N-dealkylation sites (N-methyl/N-ethyl adjacent to an activating group) is 1. The van der Waals surface area contributed by atoms with Crippen LogP contribution in [-0.2, 0) is 6.42 Å². The Balaban J connectivity index is 1.41. The molecule has 1 N–H and O–H groups in total. The van der Waals surface area contributed by atoms with E-state index in [4.69, 9.17) is 0 Å². The SMILES string of the molecule is Cc1ccccc1CC1(N(C)C)CCC(NC(=O)c2nc(-c3ccccc3)sc2C)CC1. The summed E-state index contributed by atoms with van der Waals surface area (Å²) in [7, 11) is 4.39. The van der Waals surface area contributed by atoms with Gasteiger partial charge in [0.1, 0.15) is 10.7 Å². The van der Waals surface area contributed by atoms with Gasteiger partial charge in [0.2, 0.25) is 0 Å². The zero-order valence-electron chi connectivity index (χ0n) is 19.5. The molecule has 32 heavy (non-hydrogen) atoms. The molecule has 0 radical (unpaired) electrons. The summed E-state index contributed by atoms with van der Waals surface area (Å²) in [6, 6.07) is 19.0. The fourth-order valence-electron chi connectivity index (χ4n) is 4.81. The number of amides is 1. The van der Waals surface area contributed by atoms with Gasteiger partial charge in [-0.3, -0.25) is 4.79 Å². The first-order valence-corrected chi connectivity index (χ1v) is 12.3. The molecule has 1 aliphatic carbocycles. The Labute approximate surface area is 195 Å². The fraction of sp³-hybridized carbons (Fsp3) is 0.407. The van der Waals surface area contributed by atoms with Crippen molar-refractivity contribution in [1.82, 2.24) is 15.2 Å². The minimum absolute atomic E-state index is 0.0396. The predicted octanol–water partition coefficient (Wildman–Crippen LogP) is 5.64. The maximum absolute atomic E-state index is 13.0. The lowest BCUT2D eigenvalue weighted by Gasteiger charge is -2.45. The Morgan fingerprint density at radius 1 is 1.06 bits per heavy atom. The van der Waals surface area contributed by atoms with Gasteiger partial charge < -0.3 is 10.2 Å². The molecule has 5 heteroatoms. The quantitative estimate of drug-likeness (QED) is 0.532. The third kappa shape index (κ3) is 4.79. The lowest BCUT2D eigenvalue weighted by atomic mass is 9.74. The van der Waals surface area contributed by atoms with E-state index in [1.165, 1.54) is 11.1 Å². The minimum Gasteiger partial charge on any atom is -0.348 e. The Morgan fingerprint density at radius 2 is 1.72 bits per heavy atom. The zero-order chi connectivity index (χ0) is 22.7. The monoisotopic (exact) mass is 447 g/mol. The van der Waals surface area contributed by atoms with Crippen LogP contribution in [0.5, 0.6) is 0 Å². The van der Waals surface area contributed by atoms with Crippen LogP contribution in [0.3, 0.4) is 0 Å². The van der Waals surface area contributed by atoms with E-state index in [-0.39, 0.29) is 17.5 Å². The van der Waals surface area contributed by atoms with Gasteiger partial charge in [-0.15, -0.1) is 11.3 Å². The molecule has 4 nitrogen and oxygen atoms in total. The average Bonchev–Trinajstić information content (AvgIpc) is 3.19. The second-order valence-electron chi connectivity index (χ2n) is 9.26. The number of hydrogen-bond acceptors (Lipinski definition) is 4. The molecule has 1 aromatic heterocycles. The molecule has 1 amide bonds. The molecule has 0 spiro atoms. The molecule has 0 bridgehead atoms. The predicted molar refractivity (Wildman–Crippen MR) is 133 cm³/mol. The van der Waals surface area contributed by atoms with Crippen LogP contribution in [0.1, 0.15) is 52.2 Å².